The van der Waals surface area contributed by atoms with E-state index in [1.165, 1.54) is 11.3 Å². The van der Waals surface area contributed by atoms with Crippen molar-refractivity contribution in [1.82, 2.24) is 4.57 Å². The van der Waals surface area contributed by atoms with Crippen LogP contribution < -0.4 is 0 Å². The SMILES string of the molecule is CC(Cc1ccsc1)n1ccc2c1CCCC2O. The molecule has 0 fully saturated rings. The molecule has 96 valence electrons. The summed E-state index contributed by atoms with van der Waals surface area (Å²) in [5.41, 5.74) is 3.90. The zero-order chi connectivity index (χ0) is 12.5. The molecule has 2 aromatic heterocycles. The van der Waals surface area contributed by atoms with Gasteiger partial charge in [-0.3, -0.25) is 0 Å². The predicted octanol–water partition coefficient (Wildman–Crippen LogP) is 3.72. The highest BCUT2D eigenvalue weighted by molar-refractivity contribution is 7.07. The number of aromatic nitrogens is 1. The third-order valence-electron chi connectivity index (χ3n) is 3.90. The Morgan fingerprint density at radius 1 is 1.50 bits per heavy atom. The molecule has 2 nitrogen and oxygen atoms in total. The molecule has 0 aromatic carbocycles. The zero-order valence-electron chi connectivity index (χ0n) is 10.7. The summed E-state index contributed by atoms with van der Waals surface area (Å²) in [4.78, 5) is 0. The zero-order valence-corrected chi connectivity index (χ0v) is 11.5. The number of fused-ring (bicyclic) bond motifs is 1. The lowest BCUT2D eigenvalue weighted by molar-refractivity contribution is 0.155. The third-order valence-corrected chi connectivity index (χ3v) is 4.63. The molecule has 0 radical (unpaired) electrons. The average molecular weight is 261 g/mol. The van der Waals surface area contributed by atoms with Gasteiger partial charge in [0.1, 0.15) is 0 Å². The van der Waals surface area contributed by atoms with Crippen LogP contribution in [0.5, 0.6) is 0 Å². The Balaban J connectivity index is 1.84. The minimum Gasteiger partial charge on any atom is -0.388 e. The van der Waals surface area contributed by atoms with E-state index in [0.717, 1.165) is 31.2 Å². The number of aliphatic hydroxyl groups is 1. The van der Waals surface area contributed by atoms with Crippen LogP contribution in [0.15, 0.2) is 29.1 Å². The van der Waals surface area contributed by atoms with Crippen molar-refractivity contribution in [2.24, 2.45) is 0 Å². The van der Waals surface area contributed by atoms with Crippen LogP contribution in [0.2, 0.25) is 0 Å². The van der Waals surface area contributed by atoms with Gasteiger partial charge < -0.3 is 9.67 Å². The van der Waals surface area contributed by atoms with E-state index in [2.05, 4.69) is 40.6 Å². The highest BCUT2D eigenvalue weighted by atomic mass is 32.1. The maximum absolute atomic E-state index is 10.0. The summed E-state index contributed by atoms with van der Waals surface area (Å²) in [6.07, 6.45) is 6.09. The number of thiophene rings is 1. The maximum Gasteiger partial charge on any atom is 0.0807 e. The molecular formula is C15H19NOS. The topological polar surface area (TPSA) is 25.2 Å². The van der Waals surface area contributed by atoms with Gasteiger partial charge in [-0.05, 0) is 61.1 Å². The molecule has 2 heterocycles. The van der Waals surface area contributed by atoms with Crippen LogP contribution in [0, 0.1) is 0 Å². The molecule has 2 unspecified atom stereocenters. The molecule has 0 spiro atoms. The van der Waals surface area contributed by atoms with Crippen LogP contribution in [0.1, 0.15) is 48.7 Å². The Morgan fingerprint density at radius 2 is 2.39 bits per heavy atom. The van der Waals surface area contributed by atoms with Crippen molar-refractivity contribution in [2.45, 2.75) is 44.8 Å². The molecule has 0 saturated heterocycles. The van der Waals surface area contributed by atoms with Gasteiger partial charge in [0.2, 0.25) is 0 Å². The molecule has 3 heteroatoms. The van der Waals surface area contributed by atoms with Gasteiger partial charge >= 0.3 is 0 Å². The van der Waals surface area contributed by atoms with E-state index >= 15 is 0 Å². The van der Waals surface area contributed by atoms with E-state index in [0.29, 0.717) is 6.04 Å². The first kappa shape index (κ1) is 12.0. The van der Waals surface area contributed by atoms with E-state index < -0.39 is 0 Å². The first-order valence-electron chi connectivity index (χ1n) is 6.64. The lowest BCUT2D eigenvalue weighted by Gasteiger charge is -2.23. The third kappa shape index (κ3) is 2.13. The highest BCUT2D eigenvalue weighted by Crippen LogP contribution is 2.32. The summed E-state index contributed by atoms with van der Waals surface area (Å²) in [6, 6.07) is 4.77. The van der Waals surface area contributed by atoms with Crippen molar-refractivity contribution in [3.63, 3.8) is 0 Å². The second-order valence-corrected chi connectivity index (χ2v) is 6.00. The van der Waals surface area contributed by atoms with Gasteiger partial charge in [-0.25, -0.2) is 0 Å². The van der Waals surface area contributed by atoms with Gasteiger partial charge in [-0.2, -0.15) is 11.3 Å². The van der Waals surface area contributed by atoms with Gasteiger partial charge in [0.05, 0.1) is 6.10 Å². The summed E-state index contributed by atoms with van der Waals surface area (Å²) in [5, 5.41) is 14.4. The Morgan fingerprint density at radius 3 is 3.17 bits per heavy atom. The van der Waals surface area contributed by atoms with Crippen molar-refractivity contribution >= 4 is 11.3 Å². The number of aliphatic hydroxyl groups excluding tert-OH is 1. The van der Waals surface area contributed by atoms with Crippen molar-refractivity contribution in [3.8, 4) is 0 Å². The summed E-state index contributed by atoms with van der Waals surface area (Å²) >= 11 is 1.76. The van der Waals surface area contributed by atoms with Crippen LogP contribution in [0.4, 0.5) is 0 Å². The van der Waals surface area contributed by atoms with Crippen molar-refractivity contribution in [3.05, 3.63) is 45.9 Å². The molecule has 0 aliphatic heterocycles. The molecule has 18 heavy (non-hydrogen) atoms. The van der Waals surface area contributed by atoms with E-state index in [9.17, 15) is 5.11 Å². The summed E-state index contributed by atoms with van der Waals surface area (Å²) in [5.74, 6) is 0. The predicted molar refractivity (Wildman–Crippen MR) is 75.1 cm³/mol. The summed E-state index contributed by atoms with van der Waals surface area (Å²) < 4.78 is 2.36. The minimum atomic E-state index is -0.247. The Bertz CT molecular complexity index is 515. The van der Waals surface area contributed by atoms with Crippen molar-refractivity contribution in [2.75, 3.05) is 0 Å². The quantitative estimate of drug-likeness (QED) is 0.895. The largest absolute Gasteiger partial charge is 0.388 e. The Hall–Kier alpha value is -1.06. The first-order chi connectivity index (χ1) is 8.75. The summed E-state index contributed by atoms with van der Waals surface area (Å²) in [6.45, 7) is 2.26. The number of nitrogens with zero attached hydrogens (tertiary/aromatic N) is 1. The molecular weight excluding hydrogens is 242 g/mol. The molecule has 2 aromatic rings. The molecule has 1 aliphatic carbocycles. The minimum absolute atomic E-state index is 0.247. The molecule has 2 atom stereocenters. The summed E-state index contributed by atoms with van der Waals surface area (Å²) in [7, 11) is 0. The fraction of sp³-hybridized carbons (Fsp3) is 0.467. The van der Waals surface area contributed by atoms with Gasteiger partial charge in [-0.15, -0.1) is 0 Å². The number of rotatable bonds is 3. The van der Waals surface area contributed by atoms with Crippen LogP contribution in [0.25, 0.3) is 0 Å². The number of hydrogen-bond acceptors (Lipinski definition) is 2. The lowest BCUT2D eigenvalue weighted by atomic mass is 9.95. The second-order valence-electron chi connectivity index (χ2n) is 5.22. The number of hydrogen-bond donors (Lipinski definition) is 1. The van der Waals surface area contributed by atoms with Gasteiger partial charge in [0, 0.05) is 23.5 Å². The Labute approximate surface area is 112 Å². The normalized spacial score (nSPS) is 20.7. The van der Waals surface area contributed by atoms with E-state index in [1.807, 2.05) is 0 Å². The Kier molecular flexibility index (Phi) is 3.27. The van der Waals surface area contributed by atoms with Crippen molar-refractivity contribution in [1.29, 1.82) is 0 Å². The standard InChI is InChI=1S/C15H19NOS/c1-11(9-12-6-8-18-10-12)16-7-5-13-14(16)3-2-4-15(13)17/h5-8,10-11,15,17H,2-4,9H2,1H3. The van der Waals surface area contributed by atoms with Gasteiger partial charge in [0.15, 0.2) is 0 Å². The monoisotopic (exact) mass is 261 g/mol. The molecule has 0 bridgehead atoms. The molecule has 1 N–H and O–H groups in total. The van der Waals surface area contributed by atoms with E-state index in [1.54, 1.807) is 11.3 Å². The van der Waals surface area contributed by atoms with Crippen LogP contribution in [0.3, 0.4) is 0 Å². The van der Waals surface area contributed by atoms with Gasteiger partial charge in [0.25, 0.3) is 0 Å². The fourth-order valence-corrected chi connectivity index (χ4v) is 3.63. The van der Waals surface area contributed by atoms with E-state index in [-0.39, 0.29) is 6.10 Å². The fourth-order valence-electron chi connectivity index (χ4n) is 2.95. The highest BCUT2D eigenvalue weighted by Gasteiger charge is 2.22. The lowest BCUT2D eigenvalue weighted by Crippen LogP contribution is -2.15. The van der Waals surface area contributed by atoms with Crippen LogP contribution >= 0.6 is 11.3 Å². The van der Waals surface area contributed by atoms with Crippen LogP contribution in [-0.4, -0.2) is 9.67 Å². The maximum atomic E-state index is 10.0. The molecule has 3 rings (SSSR count). The smallest absolute Gasteiger partial charge is 0.0807 e. The second kappa shape index (κ2) is 4.90. The average Bonchev–Trinajstić information content (AvgIpc) is 2.98. The molecule has 1 aliphatic rings. The molecule has 0 saturated carbocycles. The van der Waals surface area contributed by atoms with Gasteiger partial charge in [-0.1, -0.05) is 0 Å². The van der Waals surface area contributed by atoms with Crippen LogP contribution in [-0.2, 0) is 12.8 Å². The van der Waals surface area contributed by atoms with Crippen molar-refractivity contribution < 1.29 is 5.11 Å². The first-order valence-corrected chi connectivity index (χ1v) is 7.58. The van der Waals surface area contributed by atoms with E-state index in [4.69, 9.17) is 0 Å². The molecule has 0 amide bonds.